The van der Waals surface area contributed by atoms with Gasteiger partial charge in [-0.2, -0.15) is 5.10 Å². The molecule has 1 aliphatic rings. The first-order valence-electron chi connectivity index (χ1n) is 6.93. The maximum atomic E-state index is 12.0. The molecular formula is C13H19N5O3. The van der Waals surface area contributed by atoms with Gasteiger partial charge < -0.3 is 10.4 Å². The molecular weight excluding hydrogens is 274 g/mol. The number of carbonyl (C=O) groups is 2. The Labute approximate surface area is 122 Å². The van der Waals surface area contributed by atoms with Crippen molar-refractivity contribution in [2.45, 2.75) is 51.5 Å². The molecule has 0 spiro atoms. The van der Waals surface area contributed by atoms with Crippen LogP contribution in [0.15, 0.2) is 0 Å². The molecule has 1 fully saturated rings. The van der Waals surface area contributed by atoms with Crippen LogP contribution < -0.4 is 10.6 Å². The number of aliphatic carboxylic acids is 1. The van der Waals surface area contributed by atoms with Gasteiger partial charge in [-0.3, -0.25) is 5.32 Å². The lowest BCUT2D eigenvalue weighted by molar-refractivity contribution is -0.145. The lowest BCUT2D eigenvalue weighted by Gasteiger charge is -2.33. The summed E-state index contributed by atoms with van der Waals surface area (Å²) in [5.74, 6) is -0.941. The molecule has 8 heteroatoms. The molecule has 0 aromatic carbocycles. The van der Waals surface area contributed by atoms with E-state index < -0.39 is 17.5 Å². The van der Waals surface area contributed by atoms with E-state index >= 15 is 0 Å². The fourth-order valence-electron chi connectivity index (χ4n) is 2.41. The van der Waals surface area contributed by atoms with Crippen molar-refractivity contribution < 1.29 is 14.7 Å². The molecule has 0 radical (unpaired) electrons. The van der Waals surface area contributed by atoms with Crippen molar-refractivity contribution in [3.8, 4) is 0 Å². The van der Waals surface area contributed by atoms with Crippen molar-refractivity contribution in [3.63, 3.8) is 0 Å². The number of aryl methyl sites for hydroxylation is 2. The molecule has 114 valence electrons. The minimum Gasteiger partial charge on any atom is -0.480 e. The molecule has 1 saturated carbocycles. The third-order valence-electron chi connectivity index (χ3n) is 3.79. The average Bonchev–Trinajstić information content (AvgIpc) is 2.43. The predicted octanol–water partition coefficient (Wildman–Crippen LogP) is 1.40. The van der Waals surface area contributed by atoms with Crippen LogP contribution in [0.1, 0.15) is 43.5 Å². The summed E-state index contributed by atoms with van der Waals surface area (Å²) in [6, 6.07) is -0.621. The molecule has 0 unspecified atom stereocenters. The number of amides is 2. The van der Waals surface area contributed by atoms with Gasteiger partial charge in [-0.25, -0.2) is 14.6 Å². The van der Waals surface area contributed by atoms with Crippen molar-refractivity contribution in [2.75, 3.05) is 5.32 Å². The highest BCUT2D eigenvalue weighted by Gasteiger charge is 2.41. The summed E-state index contributed by atoms with van der Waals surface area (Å²) in [5, 5.41) is 22.0. The van der Waals surface area contributed by atoms with Crippen LogP contribution in [0.2, 0.25) is 0 Å². The van der Waals surface area contributed by atoms with Gasteiger partial charge in [0.25, 0.3) is 5.95 Å². The Hall–Kier alpha value is -2.25. The average molecular weight is 293 g/mol. The third-order valence-corrected chi connectivity index (χ3v) is 3.79. The maximum Gasteiger partial charge on any atom is 0.329 e. The molecule has 0 bridgehead atoms. The summed E-state index contributed by atoms with van der Waals surface area (Å²) in [4.78, 5) is 27.6. The Bertz CT molecular complexity index is 555. The van der Waals surface area contributed by atoms with Crippen LogP contribution in [0.5, 0.6) is 0 Å². The second kappa shape index (κ2) is 6.02. The van der Waals surface area contributed by atoms with E-state index in [2.05, 4.69) is 25.8 Å². The highest BCUT2D eigenvalue weighted by Crippen LogP contribution is 2.28. The Morgan fingerprint density at radius 2 is 1.76 bits per heavy atom. The molecule has 0 atom stereocenters. The molecule has 1 aliphatic carbocycles. The molecule has 2 rings (SSSR count). The maximum absolute atomic E-state index is 12.0. The number of carboxylic acids is 1. The lowest BCUT2D eigenvalue weighted by Crippen LogP contribution is -2.56. The van der Waals surface area contributed by atoms with Gasteiger partial charge in [-0.05, 0) is 26.7 Å². The molecule has 2 amide bonds. The van der Waals surface area contributed by atoms with Gasteiger partial charge >= 0.3 is 12.0 Å². The zero-order chi connectivity index (χ0) is 15.5. The normalized spacial score (nSPS) is 17.0. The van der Waals surface area contributed by atoms with Crippen LogP contribution in [0, 0.1) is 13.8 Å². The molecule has 8 nitrogen and oxygen atoms in total. The molecule has 1 aromatic heterocycles. The Morgan fingerprint density at radius 1 is 1.10 bits per heavy atom. The minimum atomic E-state index is -1.20. The summed E-state index contributed by atoms with van der Waals surface area (Å²) in [6.07, 6.45) is 3.43. The third kappa shape index (κ3) is 3.45. The standard InChI is InChI=1S/C13H19N5O3/c1-8-9(2)17-18-11(14-8)15-12(21)16-13(10(19)20)6-4-3-5-7-13/h3-7H2,1-2H3,(H,19,20)(H2,14,15,16,18,21). The van der Waals surface area contributed by atoms with Gasteiger partial charge in [0.2, 0.25) is 0 Å². The van der Waals surface area contributed by atoms with E-state index in [0.29, 0.717) is 24.2 Å². The monoisotopic (exact) mass is 293 g/mol. The first-order chi connectivity index (χ1) is 9.93. The first kappa shape index (κ1) is 15.1. The number of carbonyl (C=O) groups excluding carboxylic acids is 1. The molecule has 0 saturated heterocycles. The number of nitrogens with one attached hydrogen (secondary N) is 2. The summed E-state index contributed by atoms with van der Waals surface area (Å²) in [7, 11) is 0. The highest BCUT2D eigenvalue weighted by atomic mass is 16.4. The van der Waals surface area contributed by atoms with Gasteiger partial charge in [0.15, 0.2) is 0 Å². The molecule has 1 aromatic rings. The van der Waals surface area contributed by atoms with Gasteiger partial charge in [-0.1, -0.05) is 19.3 Å². The van der Waals surface area contributed by atoms with Crippen LogP contribution in [0.4, 0.5) is 10.7 Å². The summed E-state index contributed by atoms with van der Waals surface area (Å²) in [6.45, 7) is 3.52. The van der Waals surface area contributed by atoms with E-state index in [1.54, 1.807) is 13.8 Å². The number of hydrogen-bond acceptors (Lipinski definition) is 5. The zero-order valence-electron chi connectivity index (χ0n) is 12.1. The van der Waals surface area contributed by atoms with E-state index in [4.69, 9.17) is 0 Å². The number of urea groups is 1. The number of hydrogen-bond donors (Lipinski definition) is 3. The topological polar surface area (TPSA) is 117 Å². The highest BCUT2D eigenvalue weighted by molar-refractivity contribution is 5.92. The second-order valence-corrected chi connectivity index (χ2v) is 5.33. The fourth-order valence-corrected chi connectivity index (χ4v) is 2.41. The SMILES string of the molecule is Cc1nnc(NC(=O)NC2(C(=O)O)CCCCC2)nc1C. The summed E-state index contributed by atoms with van der Waals surface area (Å²) in [5.41, 5.74) is 0.136. The van der Waals surface area contributed by atoms with Gasteiger partial charge in [0.05, 0.1) is 11.4 Å². The Kier molecular flexibility index (Phi) is 4.35. The van der Waals surface area contributed by atoms with Crippen molar-refractivity contribution >= 4 is 17.9 Å². The molecule has 21 heavy (non-hydrogen) atoms. The number of carboxylic acid groups (broad SMARTS) is 1. The van der Waals surface area contributed by atoms with Crippen molar-refractivity contribution in [2.24, 2.45) is 0 Å². The quantitative estimate of drug-likeness (QED) is 0.775. The second-order valence-electron chi connectivity index (χ2n) is 5.33. The molecule has 3 N–H and O–H groups in total. The van der Waals surface area contributed by atoms with E-state index in [-0.39, 0.29) is 5.95 Å². The number of nitrogens with zero attached hydrogens (tertiary/aromatic N) is 3. The smallest absolute Gasteiger partial charge is 0.329 e. The summed E-state index contributed by atoms with van der Waals surface area (Å²) >= 11 is 0. The van der Waals surface area contributed by atoms with E-state index in [1.165, 1.54) is 0 Å². The lowest BCUT2D eigenvalue weighted by atomic mass is 9.82. The van der Waals surface area contributed by atoms with E-state index in [9.17, 15) is 14.7 Å². The summed E-state index contributed by atoms with van der Waals surface area (Å²) < 4.78 is 0. The molecule has 0 aliphatic heterocycles. The predicted molar refractivity (Wildman–Crippen MR) is 74.9 cm³/mol. The first-order valence-corrected chi connectivity index (χ1v) is 6.93. The van der Waals surface area contributed by atoms with Crippen LogP contribution in [-0.2, 0) is 4.79 Å². The van der Waals surface area contributed by atoms with Crippen LogP contribution in [0.25, 0.3) is 0 Å². The van der Waals surface area contributed by atoms with Crippen molar-refractivity contribution in [1.29, 1.82) is 0 Å². The van der Waals surface area contributed by atoms with Crippen LogP contribution in [-0.4, -0.2) is 37.8 Å². The minimum absolute atomic E-state index is 0.0620. The zero-order valence-corrected chi connectivity index (χ0v) is 12.1. The van der Waals surface area contributed by atoms with Crippen LogP contribution in [0.3, 0.4) is 0 Å². The Balaban J connectivity index is 2.05. The van der Waals surface area contributed by atoms with Gasteiger partial charge in [0.1, 0.15) is 5.54 Å². The van der Waals surface area contributed by atoms with Gasteiger partial charge in [0, 0.05) is 0 Å². The fraction of sp³-hybridized carbons (Fsp3) is 0.615. The van der Waals surface area contributed by atoms with E-state index in [0.717, 1.165) is 19.3 Å². The largest absolute Gasteiger partial charge is 0.480 e. The number of anilines is 1. The molecule has 1 heterocycles. The number of rotatable bonds is 3. The van der Waals surface area contributed by atoms with Gasteiger partial charge in [-0.15, -0.1) is 5.10 Å². The van der Waals surface area contributed by atoms with Crippen molar-refractivity contribution in [3.05, 3.63) is 11.4 Å². The van der Waals surface area contributed by atoms with Crippen molar-refractivity contribution in [1.82, 2.24) is 20.5 Å². The van der Waals surface area contributed by atoms with E-state index in [1.807, 2.05) is 0 Å². The Morgan fingerprint density at radius 3 is 2.33 bits per heavy atom. The van der Waals surface area contributed by atoms with Crippen LogP contribution >= 0.6 is 0 Å². The number of aromatic nitrogens is 3.